The molecule has 2 aromatic heterocycles. The highest BCUT2D eigenvalue weighted by molar-refractivity contribution is 5.21. The van der Waals surface area contributed by atoms with E-state index in [-0.39, 0.29) is 0 Å². The van der Waals surface area contributed by atoms with Gasteiger partial charge in [-0.15, -0.1) is 0 Å². The van der Waals surface area contributed by atoms with Gasteiger partial charge in [0.15, 0.2) is 0 Å². The SMILES string of the molecule is CC(C)N1CCc2nccnc2C1.CC(C)N1Cc2cnn(C)c2C1. The van der Waals surface area contributed by atoms with E-state index in [1.54, 1.807) is 12.4 Å². The van der Waals surface area contributed by atoms with Crippen molar-refractivity contribution in [2.45, 2.75) is 65.8 Å². The van der Waals surface area contributed by atoms with Gasteiger partial charge in [-0.3, -0.25) is 24.4 Å². The molecule has 2 aromatic rings. The van der Waals surface area contributed by atoms with Crippen LogP contribution in [-0.4, -0.2) is 48.2 Å². The molecule has 0 bridgehead atoms. The largest absolute Gasteiger partial charge is 0.295 e. The van der Waals surface area contributed by atoms with Gasteiger partial charge < -0.3 is 0 Å². The summed E-state index contributed by atoms with van der Waals surface area (Å²) in [5, 5.41) is 4.22. The average molecular weight is 342 g/mol. The van der Waals surface area contributed by atoms with Gasteiger partial charge in [-0.05, 0) is 27.7 Å². The van der Waals surface area contributed by atoms with Gasteiger partial charge in [-0.2, -0.15) is 5.10 Å². The van der Waals surface area contributed by atoms with Gasteiger partial charge in [-0.25, -0.2) is 0 Å². The predicted octanol–water partition coefficient (Wildman–Crippen LogP) is 2.39. The molecule has 6 nitrogen and oxygen atoms in total. The quantitative estimate of drug-likeness (QED) is 0.839. The minimum absolute atomic E-state index is 0.607. The summed E-state index contributed by atoms with van der Waals surface area (Å²) in [6, 6.07) is 1.24. The molecule has 0 amide bonds. The Morgan fingerprint density at radius 3 is 2.20 bits per heavy atom. The van der Waals surface area contributed by atoms with E-state index in [1.807, 2.05) is 17.9 Å². The predicted molar refractivity (Wildman–Crippen MR) is 98.9 cm³/mol. The Labute approximate surface area is 150 Å². The van der Waals surface area contributed by atoms with E-state index < -0.39 is 0 Å². The van der Waals surface area contributed by atoms with E-state index in [2.05, 4.69) is 52.6 Å². The number of rotatable bonds is 2. The second-order valence-electron chi connectivity index (χ2n) is 7.50. The second-order valence-corrected chi connectivity index (χ2v) is 7.50. The van der Waals surface area contributed by atoms with E-state index in [1.165, 1.54) is 17.0 Å². The van der Waals surface area contributed by atoms with Crippen molar-refractivity contribution in [3.05, 3.63) is 41.2 Å². The maximum Gasteiger partial charge on any atom is 0.0759 e. The van der Waals surface area contributed by atoms with E-state index in [4.69, 9.17) is 0 Å². The van der Waals surface area contributed by atoms with Gasteiger partial charge in [0.2, 0.25) is 0 Å². The molecule has 2 aliphatic rings. The molecule has 0 spiro atoms. The monoisotopic (exact) mass is 342 g/mol. The fourth-order valence-corrected chi connectivity index (χ4v) is 3.37. The van der Waals surface area contributed by atoms with Crippen LogP contribution in [0.5, 0.6) is 0 Å². The molecule has 0 saturated carbocycles. The van der Waals surface area contributed by atoms with Crippen LogP contribution >= 0.6 is 0 Å². The Bertz CT molecular complexity index is 706. The summed E-state index contributed by atoms with van der Waals surface area (Å²) in [5.74, 6) is 0. The smallest absolute Gasteiger partial charge is 0.0759 e. The van der Waals surface area contributed by atoms with E-state index in [0.29, 0.717) is 12.1 Å². The molecule has 0 aromatic carbocycles. The number of fused-ring (bicyclic) bond motifs is 2. The van der Waals surface area contributed by atoms with Crippen LogP contribution in [0.2, 0.25) is 0 Å². The summed E-state index contributed by atoms with van der Waals surface area (Å²) in [6.45, 7) is 13.1. The van der Waals surface area contributed by atoms with E-state index in [0.717, 1.165) is 38.3 Å². The third-order valence-electron chi connectivity index (χ3n) is 5.18. The summed E-state index contributed by atoms with van der Waals surface area (Å²) >= 11 is 0. The lowest BCUT2D eigenvalue weighted by Gasteiger charge is -2.30. The standard InChI is InChI=1S/C10H15N3.C9H15N3/c1-8(2)13-6-3-9-10(7-13)12-5-4-11-9;1-7(2)12-5-8-4-10-11(3)9(8)6-12/h4-5,8H,3,6-7H2,1-2H3;4,7H,5-6H2,1-3H3. The van der Waals surface area contributed by atoms with Crippen LogP contribution in [0.25, 0.3) is 0 Å². The lowest BCUT2D eigenvalue weighted by Crippen LogP contribution is -2.36. The van der Waals surface area contributed by atoms with Gasteiger partial charge in [0.25, 0.3) is 0 Å². The van der Waals surface area contributed by atoms with E-state index >= 15 is 0 Å². The Kier molecular flexibility index (Phi) is 5.49. The number of aryl methyl sites for hydroxylation is 1. The molecule has 0 fully saturated rings. The molecule has 6 heteroatoms. The van der Waals surface area contributed by atoms with Crippen molar-refractivity contribution >= 4 is 0 Å². The third kappa shape index (κ3) is 4.07. The first-order chi connectivity index (χ1) is 12.0. The molecule has 0 atom stereocenters. The summed E-state index contributed by atoms with van der Waals surface area (Å²) in [4.78, 5) is 13.5. The molecule has 0 radical (unpaired) electrons. The van der Waals surface area contributed by atoms with Crippen molar-refractivity contribution in [2.24, 2.45) is 7.05 Å². The van der Waals surface area contributed by atoms with Crippen LogP contribution in [0.3, 0.4) is 0 Å². The molecule has 4 rings (SSSR count). The summed E-state index contributed by atoms with van der Waals surface area (Å²) in [7, 11) is 2.02. The minimum Gasteiger partial charge on any atom is -0.295 e. The molecule has 0 unspecified atom stereocenters. The molecule has 0 aliphatic carbocycles. The van der Waals surface area contributed by atoms with Crippen LogP contribution in [0.4, 0.5) is 0 Å². The highest BCUT2D eigenvalue weighted by atomic mass is 15.3. The first kappa shape index (κ1) is 18.0. The fourth-order valence-electron chi connectivity index (χ4n) is 3.37. The van der Waals surface area contributed by atoms with Gasteiger partial charge in [-0.1, -0.05) is 0 Å². The van der Waals surface area contributed by atoms with Gasteiger partial charge in [0.05, 0.1) is 23.3 Å². The van der Waals surface area contributed by atoms with E-state index in [9.17, 15) is 0 Å². The van der Waals surface area contributed by atoms with Crippen molar-refractivity contribution in [3.63, 3.8) is 0 Å². The number of nitrogens with zero attached hydrogens (tertiary/aromatic N) is 6. The summed E-state index contributed by atoms with van der Waals surface area (Å²) in [6.07, 6.45) is 6.59. The highest BCUT2D eigenvalue weighted by Gasteiger charge is 2.23. The zero-order chi connectivity index (χ0) is 18.0. The Hall–Kier alpha value is -1.79. The summed E-state index contributed by atoms with van der Waals surface area (Å²) < 4.78 is 1.98. The zero-order valence-electron chi connectivity index (χ0n) is 16.1. The fraction of sp³-hybridized carbons (Fsp3) is 0.632. The number of hydrogen-bond donors (Lipinski definition) is 0. The van der Waals surface area contributed by atoms with Crippen molar-refractivity contribution in [1.29, 1.82) is 0 Å². The normalized spacial score (nSPS) is 17.4. The first-order valence-electron chi connectivity index (χ1n) is 9.22. The molecule has 4 heterocycles. The number of hydrogen-bond acceptors (Lipinski definition) is 5. The first-order valence-corrected chi connectivity index (χ1v) is 9.22. The van der Waals surface area contributed by atoms with Crippen molar-refractivity contribution in [3.8, 4) is 0 Å². The highest BCUT2D eigenvalue weighted by Crippen LogP contribution is 2.23. The molecular weight excluding hydrogens is 312 g/mol. The second kappa shape index (κ2) is 7.62. The maximum atomic E-state index is 4.35. The van der Waals surface area contributed by atoms with Gasteiger partial charge >= 0.3 is 0 Å². The molecule has 136 valence electrons. The maximum absolute atomic E-state index is 4.35. The lowest BCUT2D eigenvalue weighted by molar-refractivity contribution is 0.198. The lowest BCUT2D eigenvalue weighted by atomic mass is 10.1. The van der Waals surface area contributed by atoms with Crippen LogP contribution < -0.4 is 0 Å². The molecule has 0 N–H and O–H groups in total. The van der Waals surface area contributed by atoms with Crippen LogP contribution in [-0.2, 0) is 33.1 Å². The summed E-state index contributed by atoms with van der Waals surface area (Å²) in [5.41, 5.74) is 5.11. The van der Waals surface area contributed by atoms with Crippen LogP contribution in [0, 0.1) is 0 Å². The molecule has 2 aliphatic heterocycles. The van der Waals surface area contributed by atoms with Crippen molar-refractivity contribution in [2.75, 3.05) is 6.54 Å². The Morgan fingerprint density at radius 1 is 0.880 bits per heavy atom. The topological polar surface area (TPSA) is 50.1 Å². The minimum atomic E-state index is 0.607. The van der Waals surface area contributed by atoms with Crippen molar-refractivity contribution in [1.82, 2.24) is 29.5 Å². The Balaban J connectivity index is 0.000000146. The zero-order valence-corrected chi connectivity index (χ0v) is 16.1. The number of aromatic nitrogens is 4. The molecule has 0 saturated heterocycles. The third-order valence-corrected chi connectivity index (χ3v) is 5.18. The van der Waals surface area contributed by atoms with Crippen LogP contribution in [0.1, 0.15) is 50.3 Å². The Morgan fingerprint density at radius 2 is 1.56 bits per heavy atom. The van der Waals surface area contributed by atoms with Gasteiger partial charge in [0, 0.05) is 69.7 Å². The molecular formula is C19H30N6. The average Bonchev–Trinajstić information content (AvgIpc) is 3.17. The van der Waals surface area contributed by atoms with Crippen LogP contribution in [0.15, 0.2) is 18.6 Å². The van der Waals surface area contributed by atoms with Crippen molar-refractivity contribution < 1.29 is 0 Å². The molecule has 25 heavy (non-hydrogen) atoms. The van der Waals surface area contributed by atoms with Gasteiger partial charge in [0.1, 0.15) is 0 Å².